The van der Waals surface area contributed by atoms with Gasteiger partial charge in [-0.25, -0.2) is 0 Å². The Kier molecular flexibility index (Phi) is 4.53. The highest BCUT2D eigenvalue weighted by Crippen LogP contribution is 2.15. The zero-order valence-electron chi connectivity index (χ0n) is 11.7. The van der Waals surface area contributed by atoms with Crippen LogP contribution in [0.5, 0.6) is 0 Å². The van der Waals surface area contributed by atoms with E-state index in [1.807, 2.05) is 38.1 Å². The van der Waals surface area contributed by atoms with Gasteiger partial charge in [0.1, 0.15) is 11.5 Å². The van der Waals surface area contributed by atoms with Crippen LogP contribution in [0.1, 0.15) is 22.6 Å². The molecule has 0 aliphatic rings. The van der Waals surface area contributed by atoms with Gasteiger partial charge in [0.2, 0.25) is 0 Å². The molecule has 0 saturated carbocycles. The summed E-state index contributed by atoms with van der Waals surface area (Å²) in [4.78, 5) is 0. The summed E-state index contributed by atoms with van der Waals surface area (Å²) >= 11 is 5.18. The van der Waals surface area contributed by atoms with Gasteiger partial charge in [0.25, 0.3) is 0 Å². The zero-order chi connectivity index (χ0) is 14.5. The highest BCUT2D eigenvalue weighted by molar-refractivity contribution is 7.80. The van der Waals surface area contributed by atoms with Crippen molar-refractivity contribution in [3.63, 3.8) is 0 Å². The number of rotatable bonds is 3. The van der Waals surface area contributed by atoms with E-state index in [0.717, 1.165) is 17.0 Å². The molecule has 0 radical (unpaired) electrons. The van der Waals surface area contributed by atoms with E-state index >= 15 is 0 Å². The van der Waals surface area contributed by atoms with Crippen molar-refractivity contribution in [3.8, 4) is 0 Å². The third-order valence-electron chi connectivity index (χ3n) is 2.75. The quantitative estimate of drug-likeness (QED) is 0.515. The van der Waals surface area contributed by atoms with E-state index in [1.54, 1.807) is 6.21 Å². The maximum absolute atomic E-state index is 5.36. The van der Waals surface area contributed by atoms with Gasteiger partial charge in [-0.05, 0) is 56.8 Å². The Morgan fingerprint density at radius 2 is 2.00 bits per heavy atom. The minimum atomic E-state index is 0.441. The van der Waals surface area contributed by atoms with E-state index in [-0.39, 0.29) is 0 Å². The van der Waals surface area contributed by atoms with Crippen LogP contribution in [0.3, 0.4) is 0 Å². The lowest BCUT2D eigenvalue weighted by Gasteiger charge is -2.10. The first kappa shape index (κ1) is 14.3. The predicted molar refractivity (Wildman–Crippen MR) is 86.3 cm³/mol. The van der Waals surface area contributed by atoms with Crippen LogP contribution >= 0.6 is 12.2 Å². The average molecular weight is 287 g/mol. The van der Waals surface area contributed by atoms with Crippen molar-refractivity contribution in [1.29, 1.82) is 0 Å². The van der Waals surface area contributed by atoms with Crippen LogP contribution < -0.4 is 10.7 Å². The lowest BCUT2D eigenvalue weighted by molar-refractivity contribution is 0.527. The maximum Gasteiger partial charge on any atom is 0.191 e. The van der Waals surface area contributed by atoms with Crippen LogP contribution in [0.2, 0.25) is 0 Å². The molecule has 0 saturated heterocycles. The summed E-state index contributed by atoms with van der Waals surface area (Å²) in [6, 6.07) is 9.86. The van der Waals surface area contributed by atoms with Crippen molar-refractivity contribution < 1.29 is 4.42 Å². The fourth-order valence-corrected chi connectivity index (χ4v) is 1.94. The summed E-state index contributed by atoms with van der Waals surface area (Å²) in [6.07, 6.45) is 1.59. The molecule has 0 atom stereocenters. The van der Waals surface area contributed by atoms with Crippen molar-refractivity contribution >= 4 is 29.2 Å². The molecule has 104 valence electrons. The average Bonchev–Trinajstić information content (AvgIpc) is 2.79. The number of aryl methyl sites for hydroxylation is 3. The number of hydrazone groups is 1. The summed E-state index contributed by atoms with van der Waals surface area (Å²) < 4.78 is 5.36. The molecule has 0 spiro atoms. The van der Waals surface area contributed by atoms with E-state index in [4.69, 9.17) is 16.6 Å². The lowest BCUT2D eigenvalue weighted by Crippen LogP contribution is -2.24. The molecule has 1 aromatic heterocycles. The van der Waals surface area contributed by atoms with E-state index in [9.17, 15) is 0 Å². The predicted octanol–water partition coefficient (Wildman–Crippen LogP) is 3.53. The molecule has 1 aromatic carbocycles. The summed E-state index contributed by atoms with van der Waals surface area (Å²) in [7, 11) is 0. The summed E-state index contributed by atoms with van der Waals surface area (Å²) in [6.45, 7) is 5.98. The normalized spacial score (nSPS) is 10.8. The van der Waals surface area contributed by atoms with Gasteiger partial charge in [0.15, 0.2) is 5.11 Å². The molecule has 1 heterocycles. The second-order valence-electron chi connectivity index (χ2n) is 4.59. The first-order valence-electron chi connectivity index (χ1n) is 6.28. The summed E-state index contributed by atoms with van der Waals surface area (Å²) in [5.74, 6) is 1.53. The van der Waals surface area contributed by atoms with Crippen molar-refractivity contribution in [2.45, 2.75) is 20.8 Å². The number of hydrogen-bond donors (Lipinski definition) is 2. The Balaban J connectivity index is 1.91. The molecule has 2 N–H and O–H groups in total. The number of hydrogen-bond acceptors (Lipinski definition) is 3. The third-order valence-corrected chi connectivity index (χ3v) is 2.94. The van der Waals surface area contributed by atoms with E-state index in [2.05, 4.69) is 28.8 Å². The number of furan rings is 1. The van der Waals surface area contributed by atoms with Gasteiger partial charge in [-0.3, -0.25) is 5.43 Å². The largest absolute Gasteiger partial charge is 0.460 e. The van der Waals surface area contributed by atoms with Gasteiger partial charge in [-0.1, -0.05) is 17.7 Å². The lowest BCUT2D eigenvalue weighted by atomic mass is 10.1. The number of anilines is 1. The number of nitrogens with zero attached hydrogens (tertiary/aromatic N) is 1. The standard InChI is InChI=1S/C15H17N3OS/c1-10-4-7-14(11(2)8-10)17-15(20)18-16-9-13-6-5-12(3)19-13/h4-9H,1-3H3,(H2,17,18,20). The molecule has 0 fully saturated rings. The second kappa shape index (κ2) is 6.34. The van der Waals surface area contributed by atoms with Gasteiger partial charge < -0.3 is 9.73 Å². The Labute approximate surface area is 123 Å². The Hall–Kier alpha value is -2.14. The minimum Gasteiger partial charge on any atom is -0.460 e. The molecule has 5 heteroatoms. The van der Waals surface area contributed by atoms with E-state index in [1.165, 1.54) is 5.56 Å². The summed E-state index contributed by atoms with van der Waals surface area (Å²) in [5.41, 5.74) is 6.09. The van der Waals surface area contributed by atoms with Crippen LogP contribution in [0.4, 0.5) is 5.69 Å². The zero-order valence-corrected chi connectivity index (χ0v) is 12.5. The SMILES string of the molecule is Cc1ccc(NC(=S)NN=Cc2ccc(C)o2)c(C)c1. The number of thiocarbonyl (C=S) groups is 1. The topological polar surface area (TPSA) is 49.6 Å². The molecule has 0 aliphatic heterocycles. The van der Waals surface area contributed by atoms with Gasteiger partial charge in [0.05, 0.1) is 6.21 Å². The van der Waals surface area contributed by atoms with Crippen molar-refractivity contribution in [2.75, 3.05) is 5.32 Å². The molecule has 4 nitrogen and oxygen atoms in total. The van der Waals surface area contributed by atoms with Crippen LogP contribution in [0.25, 0.3) is 0 Å². The van der Waals surface area contributed by atoms with Gasteiger partial charge in [-0.2, -0.15) is 5.10 Å². The highest BCUT2D eigenvalue weighted by Gasteiger charge is 2.00. The van der Waals surface area contributed by atoms with Crippen LogP contribution in [0.15, 0.2) is 39.9 Å². The monoisotopic (exact) mass is 287 g/mol. The Bertz CT molecular complexity index is 646. The highest BCUT2D eigenvalue weighted by atomic mass is 32.1. The Morgan fingerprint density at radius 3 is 2.65 bits per heavy atom. The number of nitrogens with one attached hydrogen (secondary N) is 2. The van der Waals surface area contributed by atoms with Crippen LogP contribution in [-0.2, 0) is 0 Å². The fraction of sp³-hybridized carbons (Fsp3) is 0.200. The molecular weight excluding hydrogens is 270 g/mol. The molecule has 2 aromatic rings. The summed E-state index contributed by atoms with van der Waals surface area (Å²) in [5, 5.41) is 7.57. The van der Waals surface area contributed by atoms with Gasteiger partial charge in [0, 0.05) is 5.69 Å². The van der Waals surface area contributed by atoms with Crippen molar-refractivity contribution in [2.24, 2.45) is 5.10 Å². The second-order valence-corrected chi connectivity index (χ2v) is 5.00. The number of benzene rings is 1. The van der Waals surface area contributed by atoms with Gasteiger partial charge >= 0.3 is 0 Å². The van der Waals surface area contributed by atoms with Crippen LogP contribution in [0, 0.1) is 20.8 Å². The van der Waals surface area contributed by atoms with Crippen molar-refractivity contribution in [3.05, 3.63) is 53.0 Å². The Morgan fingerprint density at radius 1 is 1.20 bits per heavy atom. The smallest absolute Gasteiger partial charge is 0.191 e. The maximum atomic E-state index is 5.36. The first-order valence-corrected chi connectivity index (χ1v) is 6.69. The third kappa shape index (κ3) is 3.93. The van der Waals surface area contributed by atoms with Gasteiger partial charge in [-0.15, -0.1) is 0 Å². The molecular formula is C15H17N3OS. The van der Waals surface area contributed by atoms with E-state index in [0.29, 0.717) is 10.9 Å². The molecule has 2 rings (SSSR count). The minimum absolute atomic E-state index is 0.441. The molecule has 0 bridgehead atoms. The fourth-order valence-electron chi connectivity index (χ4n) is 1.78. The van der Waals surface area contributed by atoms with E-state index < -0.39 is 0 Å². The molecule has 20 heavy (non-hydrogen) atoms. The molecule has 0 amide bonds. The molecule has 0 unspecified atom stereocenters. The first-order chi connectivity index (χ1) is 9.54. The molecule has 0 aliphatic carbocycles. The van der Waals surface area contributed by atoms with Crippen molar-refractivity contribution in [1.82, 2.24) is 5.43 Å². The van der Waals surface area contributed by atoms with Crippen LogP contribution in [-0.4, -0.2) is 11.3 Å².